The molecule has 8 heteroatoms. The Bertz CT molecular complexity index is 469. The lowest BCUT2D eigenvalue weighted by atomic mass is 10.0. The largest absolute Gasteiger partial charge is 0.357 e. The lowest BCUT2D eigenvalue weighted by Gasteiger charge is -2.26. The van der Waals surface area contributed by atoms with E-state index in [4.69, 9.17) is 0 Å². The quantitative estimate of drug-likeness (QED) is 0.296. The zero-order chi connectivity index (χ0) is 18.0. The van der Waals surface area contributed by atoms with Crippen molar-refractivity contribution in [2.24, 2.45) is 10.9 Å². The van der Waals surface area contributed by atoms with Crippen LogP contribution in [0.3, 0.4) is 0 Å². The highest BCUT2D eigenvalue weighted by atomic mass is 127. The lowest BCUT2D eigenvalue weighted by molar-refractivity contribution is 0.304. The van der Waals surface area contributed by atoms with Crippen LogP contribution in [0.5, 0.6) is 0 Å². The summed E-state index contributed by atoms with van der Waals surface area (Å²) in [5, 5.41) is 6.75. The van der Waals surface area contributed by atoms with E-state index >= 15 is 0 Å². The van der Waals surface area contributed by atoms with Gasteiger partial charge < -0.3 is 10.6 Å². The zero-order valence-electron chi connectivity index (χ0n) is 16.3. The summed E-state index contributed by atoms with van der Waals surface area (Å²) in [6.45, 7) is 12.4. The fourth-order valence-electron chi connectivity index (χ4n) is 2.73. The number of hydrogen-bond acceptors (Lipinski definition) is 4. The average Bonchev–Trinajstić information content (AvgIpc) is 2.48. The smallest absolute Gasteiger partial charge is 0.191 e. The molecule has 1 saturated heterocycles. The first kappa shape index (κ1) is 24.9. The number of halogens is 1. The van der Waals surface area contributed by atoms with Gasteiger partial charge in [-0.05, 0) is 26.2 Å². The normalized spacial score (nSPS) is 19.3. The van der Waals surface area contributed by atoms with Crippen molar-refractivity contribution in [3.63, 3.8) is 0 Å². The van der Waals surface area contributed by atoms with E-state index in [2.05, 4.69) is 48.2 Å². The Morgan fingerprint density at radius 3 is 2.36 bits per heavy atom. The summed E-state index contributed by atoms with van der Waals surface area (Å²) >= 11 is 0. The number of aliphatic imine (C=N–C) groups is 1. The molecule has 2 N–H and O–H groups in total. The summed E-state index contributed by atoms with van der Waals surface area (Å²) in [6.07, 6.45) is 3.64. The molecule has 1 fully saturated rings. The molecule has 1 unspecified atom stereocenters. The summed E-state index contributed by atoms with van der Waals surface area (Å²) < 4.78 is 22.9. The molecule has 0 aliphatic carbocycles. The molecule has 0 aromatic carbocycles. The molecule has 6 nitrogen and oxygen atoms in total. The van der Waals surface area contributed by atoms with E-state index < -0.39 is 9.84 Å². The molecule has 0 radical (unpaired) electrons. The topological polar surface area (TPSA) is 73.8 Å². The molecule has 1 atom stereocenters. The van der Waals surface area contributed by atoms with Gasteiger partial charge in [0, 0.05) is 32.2 Å². The Balaban J connectivity index is 0.00000576. The van der Waals surface area contributed by atoms with Crippen LogP contribution in [0.4, 0.5) is 0 Å². The van der Waals surface area contributed by atoms with Crippen LogP contribution in [0.1, 0.15) is 47.0 Å². The molecule has 1 rings (SSSR count). The van der Waals surface area contributed by atoms with E-state index in [-0.39, 0.29) is 35.5 Å². The second-order valence-corrected chi connectivity index (χ2v) is 9.43. The van der Waals surface area contributed by atoms with E-state index in [9.17, 15) is 8.42 Å². The van der Waals surface area contributed by atoms with Gasteiger partial charge in [0.15, 0.2) is 15.8 Å². The molecule has 1 aliphatic heterocycles. The van der Waals surface area contributed by atoms with Crippen molar-refractivity contribution in [1.29, 1.82) is 0 Å². The van der Waals surface area contributed by atoms with Crippen LogP contribution in [0, 0.1) is 5.92 Å². The molecule has 0 bridgehead atoms. The SMILES string of the molecule is CCNC(=NCCN1CCS(=O)(=O)CC1)NC(C)CCCC(C)C.I. The third-order valence-corrected chi connectivity index (χ3v) is 5.88. The summed E-state index contributed by atoms with van der Waals surface area (Å²) in [5.74, 6) is 2.18. The summed E-state index contributed by atoms with van der Waals surface area (Å²) in [7, 11) is -2.80. The van der Waals surface area contributed by atoms with E-state index in [0.717, 1.165) is 31.4 Å². The number of sulfone groups is 1. The minimum absolute atomic E-state index is 0. The van der Waals surface area contributed by atoms with Gasteiger partial charge in [-0.25, -0.2) is 8.42 Å². The van der Waals surface area contributed by atoms with E-state index in [1.807, 2.05) is 0 Å². The first-order chi connectivity index (χ1) is 11.3. The van der Waals surface area contributed by atoms with Crippen molar-refractivity contribution >= 4 is 39.8 Å². The maximum Gasteiger partial charge on any atom is 0.191 e. The molecule has 1 aliphatic rings. The minimum Gasteiger partial charge on any atom is -0.357 e. The molecular formula is C17H37IN4O2S. The van der Waals surface area contributed by atoms with Gasteiger partial charge in [0.25, 0.3) is 0 Å². The second kappa shape index (κ2) is 13.1. The molecule has 0 saturated carbocycles. The molecule has 0 aromatic rings. The van der Waals surface area contributed by atoms with Crippen LogP contribution in [0.2, 0.25) is 0 Å². The van der Waals surface area contributed by atoms with Gasteiger partial charge in [-0.1, -0.05) is 26.7 Å². The van der Waals surface area contributed by atoms with Crippen LogP contribution in [0.15, 0.2) is 4.99 Å². The van der Waals surface area contributed by atoms with Gasteiger partial charge in [-0.2, -0.15) is 0 Å². The van der Waals surface area contributed by atoms with Gasteiger partial charge in [0.05, 0.1) is 18.1 Å². The van der Waals surface area contributed by atoms with Crippen molar-refractivity contribution in [3.8, 4) is 0 Å². The van der Waals surface area contributed by atoms with Crippen molar-refractivity contribution in [3.05, 3.63) is 0 Å². The van der Waals surface area contributed by atoms with Crippen LogP contribution >= 0.6 is 24.0 Å². The molecule has 0 spiro atoms. The minimum atomic E-state index is -2.80. The molecule has 0 amide bonds. The first-order valence-electron chi connectivity index (χ1n) is 9.30. The zero-order valence-corrected chi connectivity index (χ0v) is 19.4. The first-order valence-corrected chi connectivity index (χ1v) is 11.1. The van der Waals surface area contributed by atoms with Gasteiger partial charge >= 0.3 is 0 Å². The average molecular weight is 488 g/mol. The highest BCUT2D eigenvalue weighted by molar-refractivity contribution is 14.0. The van der Waals surface area contributed by atoms with Crippen molar-refractivity contribution in [1.82, 2.24) is 15.5 Å². The Labute approximate surface area is 171 Å². The maximum atomic E-state index is 11.4. The summed E-state index contributed by atoms with van der Waals surface area (Å²) in [5.41, 5.74) is 0. The fraction of sp³-hybridized carbons (Fsp3) is 0.941. The second-order valence-electron chi connectivity index (χ2n) is 7.12. The number of hydrogen-bond donors (Lipinski definition) is 2. The number of guanidine groups is 1. The van der Waals surface area contributed by atoms with Crippen LogP contribution in [0.25, 0.3) is 0 Å². The lowest BCUT2D eigenvalue weighted by Crippen LogP contribution is -2.44. The number of nitrogens with one attached hydrogen (secondary N) is 2. The predicted octanol–water partition coefficient (Wildman–Crippen LogP) is 2.10. The van der Waals surface area contributed by atoms with Crippen LogP contribution in [-0.4, -0.2) is 69.5 Å². The van der Waals surface area contributed by atoms with Gasteiger partial charge in [0.2, 0.25) is 0 Å². The van der Waals surface area contributed by atoms with E-state index in [1.165, 1.54) is 12.8 Å². The maximum absolute atomic E-state index is 11.4. The Hall–Kier alpha value is -0.0900. The molecule has 0 aromatic heterocycles. The summed E-state index contributed by atoms with van der Waals surface area (Å²) in [6, 6.07) is 0.404. The van der Waals surface area contributed by atoms with Crippen molar-refractivity contribution < 1.29 is 8.42 Å². The molecule has 25 heavy (non-hydrogen) atoms. The Morgan fingerprint density at radius 1 is 1.16 bits per heavy atom. The predicted molar refractivity (Wildman–Crippen MR) is 118 cm³/mol. The highest BCUT2D eigenvalue weighted by Crippen LogP contribution is 2.08. The fourth-order valence-corrected chi connectivity index (χ4v) is 4.01. The summed E-state index contributed by atoms with van der Waals surface area (Å²) in [4.78, 5) is 6.81. The molecular weight excluding hydrogens is 451 g/mol. The van der Waals surface area contributed by atoms with E-state index in [0.29, 0.717) is 25.7 Å². The van der Waals surface area contributed by atoms with Crippen molar-refractivity contribution in [2.45, 2.75) is 53.0 Å². The third kappa shape index (κ3) is 12.0. The molecule has 150 valence electrons. The van der Waals surface area contributed by atoms with Crippen LogP contribution in [-0.2, 0) is 9.84 Å². The van der Waals surface area contributed by atoms with Crippen molar-refractivity contribution in [2.75, 3.05) is 44.2 Å². The Kier molecular flexibility index (Phi) is 13.1. The highest BCUT2D eigenvalue weighted by Gasteiger charge is 2.20. The van der Waals surface area contributed by atoms with Crippen LogP contribution < -0.4 is 10.6 Å². The number of nitrogens with zero attached hydrogens (tertiary/aromatic N) is 2. The molecule has 1 heterocycles. The monoisotopic (exact) mass is 488 g/mol. The van der Waals surface area contributed by atoms with Gasteiger partial charge in [0.1, 0.15) is 0 Å². The standard InChI is InChI=1S/C17H36N4O2S.HI/c1-5-18-17(20-16(4)8-6-7-15(2)3)19-9-10-21-11-13-24(22,23)14-12-21;/h15-16H,5-14H2,1-4H3,(H2,18,19,20);1H. The third-order valence-electron chi connectivity index (χ3n) is 4.27. The Morgan fingerprint density at radius 2 is 1.80 bits per heavy atom. The van der Waals surface area contributed by atoms with E-state index in [1.54, 1.807) is 0 Å². The van der Waals surface area contributed by atoms with Gasteiger partial charge in [-0.3, -0.25) is 9.89 Å². The number of rotatable bonds is 9. The van der Waals surface area contributed by atoms with Gasteiger partial charge in [-0.15, -0.1) is 24.0 Å².